The lowest BCUT2D eigenvalue weighted by atomic mass is 10.1. The number of carbonyl (C=O) groups is 1. The van der Waals surface area contributed by atoms with Crippen molar-refractivity contribution in [1.82, 2.24) is 29.4 Å². The molecule has 0 bridgehead atoms. The largest absolute Gasteiger partial charge is 0.447 e. The minimum Gasteiger partial charge on any atom is -0.447 e. The molecule has 36 heavy (non-hydrogen) atoms. The lowest BCUT2D eigenvalue weighted by Gasteiger charge is -2.19. The van der Waals surface area contributed by atoms with Crippen LogP contribution in [-0.4, -0.2) is 62.8 Å². The Hall–Kier alpha value is -3.57. The maximum Gasteiger partial charge on any atom is 0.415 e. The first-order chi connectivity index (χ1) is 17.3. The second kappa shape index (κ2) is 9.82. The third-order valence-corrected chi connectivity index (χ3v) is 7.95. The Balaban J connectivity index is 1.32. The van der Waals surface area contributed by atoms with E-state index in [4.69, 9.17) is 14.5 Å². The molecule has 1 aliphatic rings. The Morgan fingerprint density at radius 2 is 1.92 bits per heavy atom. The number of nitrogens with zero attached hydrogens (tertiary/aromatic N) is 7. The van der Waals surface area contributed by atoms with Crippen LogP contribution in [0.15, 0.2) is 49.1 Å². The molecule has 5 rings (SSSR count). The van der Waals surface area contributed by atoms with Crippen molar-refractivity contribution in [1.29, 1.82) is 0 Å². The van der Waals surface area contributed by atoms with Gasteiger partial charge >= 0.3 is 6.09 Å². The van der Waals surface area contributed by atoms with E-state index in [1.54, 1.807) is 32.7 Å². The summed E-state index contributed by atoms with van der Waals surface area (Å²) in [6.07, 6.45) is 5.72. The lowest BCUT2D eigenvalue weighted by Crippen LogP contribution is -2.33. The number of hydrogen-bond donors (Lipinski definition) is 0. The predicted molar refractivity (Wildman–Crippen MR) is 139 cm³/mol. The van der Waals surface area contributed by atoms with Crippen molar-refractivity contribution < 1.29 is 14.3 Å². The van der Waals surface area contributed by atoms with Gasteiger partial charge in [-0.05, 0) is 24.1 Å². The van der Waals surface area contributed by atoms with Crippen LogP contribution < -0.4 is 4.90 Å². The van der Waals surface area contributed by atoms with Gasteiger partial charge in [0.15, 0.2) is 11.5 Å². The summed E-state index contributed by atoms with van der Waals surface area (Å²) in [6, 6.07) is 10.9. The summed E-state index contributed by atoms with van der Waals surface area (Å²) in [4.78, 5) is 23.1. The monoisotopic (exact) mass is 505 g/mol. The topological polar surface area (TPSA) is 99.7 Å². The molecule has 3 aromatic heterocycles. The highest BCUT2D eigenvalue weighted by Crippen LogP contribution is 2.29. The van der Waals surface area contributed by atoms with Gasteiger partial charge in [0, 0.05) is 32.0 Å². The van der Waals surface area contributed by atoms with E-state index in [1.807, 2.05) is 37.4 Å². The molecule has 1 amide bonds. The highest BCUT2D eigenvalue weighted by Gasteiger charge is 2.34. The first-order valence-electron chi connectivity index (χ1n) is 12.2. The zero-order valence-electron chi connectivity index (χ0n) is 21.1. The number of amides is 1. The summed E-state index contributed by atoms with van der Waals surface area (Å²) in [6.45, 7) is 10.6. The van der Waals surface area contributed by atoms with Gasteiger partial charge in [0.05, 0.1) is 12.2 Å². The maximum absolute atomic E-state index is 12.3. The molecule has 1 aromatic carbocycles. The first kappa shape index (κ1) is 24.1. The molecule has 1 atom stereocenters. The van der Waals surface area contributed by atoms with Crippen LogP contribution in [0, 0.1) is 0 Å². The average molecular weight is 506 g/mol. The molecule has 188 valence electrons. The second-order valence-electron chi connectivity index (χ2n) is 10.2. The molecule has 0 radical (unpaired) electrons. The van der Waals surface area contributed by atoms with E-state index in [1.165, 1.54) is 0 Å². The molecule has 0 spiro atoms. The van der Waals surface area contributed by atoms with Crippen LogP contribution in [0.1, 0.15) is 13.3 Å². The van der Waals surface area contributed by atoms with Crippen LogP contribution in [0.2, 0.25) is 25.7 Å². The van der Waals surface area contributed by atoms with Crippen LogP contribution in [0.25, 0.3) is 28.2 Å². The van der Waals surface area contributed by atoms with E-state index >= 15 is 0 Å². The van der Waals surface area contributed by atoms with Gasteiger partial charge in [-0.3, -0.25) is 4.90 Å². The Kier molecular flexibility index (Phi) is 6.58. The average Bonchev–Trinajstić information content (AvgIpc) is 3.59. The minimum atomic E-state index is -1.11. The number of fused-ring (bicyclic) bond motifs is 1. The summed E-state index contributed by atoms with van der Waals surface area (Å²) in [5.74, 6) is 1.21. The van der Waals surface area contributed by atoms with Gasteiger partial charge in [0.1, 0.15) is 25.5 Å². The molecule has 1 unspecified atom stereocenters. The molecule has 1 saturated heterocycles. The van der Waals surface area contributed by atoms with Gasteiger partial charge in [-0.2, -0.15) is 5.10 Å². The van der Waals surface area contributed by atoms with Gasteiger partial charge in [0.25, 0.3) is 0 Å². The summed E-state index contributed by atoms with van der Waals surface area (Å²) < 4.78 is 14.4. The van der Waals surface area contributed by atoms with E-state index in [9.17, 15) is 4.79 Å². The molecule has 4 aromatic rings. The van der Waals surface area contributed by atoms with Crippen LogP contribution in [0.4, 0.5) is 10.6 Å². The lowest BCUT2D eigenvalue weighted by molar-refractivity contribution is 0.0785. The molecular formula is C25H31N7O3Si. The van der Waals surface area contributed by atoms with Crippen molar-refractivity contribution in [2.75, 3.05) is 18.1 Å². The molecule has 1 fully saturated rings. The van der Waals surface area contributed by atoms with Gasteiger partial charge in [-0.25, -0.2) is 24.0 Å². The van der Waals surface area contributed by atoms with E-state index in [0.29, 0.717) is 30.6 Å². The second-order valence-corrected chi connectivity index (χ2v) is 15.8. The van der Waals surface area contributed by atoms with Gasteiger partial charge < -0.3 is 9.47 Å². The van der Waals surface area contributed by atoms with E-state index in [0.717, 1.165) is 35.8 Å². The SMILES string of the molecule is CCC1COC(=O)N1c1ccn2ncc(-c3ccc(-c4ncn(COCC[Si](C)(C)C)n4)cc3)c2n1. The number of rotatable bonds is 9. The molecule has 0 aliphatic carbocycles. The quantitative estimate of drug-likeness (QED) is 0.240. The molecule has 11 heteroatoms. The predicted octanol–water partition coefficient (Wildman–Crippen LogP) is 4.70. The van der Waals surface area contributed by atoms with Crippen molar-refractivity contribution >= 4 is 25.6 Å². The maximum atomic E-state index is 12.3. The summed E-state index contributed by atoms with van der Waals surface area (Å²) in [7, 11) is -1.11. The Morgan fingerprint density at radius 3 is 2.67 bits per heavy atom. The van der Waals surface area contributed by atoms with Gasteiger partial charge in [0.2, 0.25) is 0 Å². The number of aromatic nitrogens is 6. The fourth-order valence-corrected chi connectivity index (χ4v) is 4.82. The third kappa shape index (κ3) is 5.02. The first-order valence-corrected chi connectivity index (χ1v) is 15.9. The van der Waals surface area contributed by atoms with Crippen LogP contribution in [0.3, 0.4) is 0 Å². The molecule has 10 nitrogen and oxygen atoms in total. The highest BCUT2D eigenvalue weighted by molar-refractivity contribution is 6.76. The number of hydrogen-bond acceptors (Lipinski definition) is 7. The van der Waals surface area contributed by atoms with Crippen LogP contribution >= 0.6 is 0 Å². The number of carbonyl (C=O) groups excluding carboxylic acids is 1. The fraction of sp³-hybridized carbons (Fsp3) is 0.400. The van der Waals surface area contributed by atoms with E-state index in [-0.39, 0.29) is 12.1 Å². The van der Waals surface area contributed by atoms with Crippen molar-refractivity contribution in [2.24, 2.45) is 0 Å². The van der Waals surface area contributed by atoms with Crippen molar-refractivity contribution in [3.8, 4) is 22.5 Å². The van der Waals surface area contributed by atoms with E-state index < -0.39 is 8.07 Å². The summed E-state index contributed by atoms with van der Waals surface area (Å²) >= 11 is 0. The number of benzene rings is 1. The van der Waals surface area contributed by atoms with Gasteiger partial charge in [-0.15, -0.1) is 5.10 Å². The summed E-state index contributed by atoms with van der Waals surface area (Å²) in [5, 5.41) is 8.98. The van der Waals surface area contributed by atoms with Crippen molar-refractivity contribution in [3.63, 3.8) is 0 Å². The molecule has 1 aliphatic heterocycles. The number of ether oxygens (including phenoxy) is 2. The molecular weight excluding hydrogens is 474 g/mol. The standard InChI is InChI=1S/C25H31N7O3Si/c1-5-20-15-35-25(33)32(20)22-10-11-31-24(28-22)21(14-27-31)18-6-8-19(9-7-18)23-26-16-30(29-23)17-34-12-13-36(2,3)4/h6-11,14,16,20H,5,12-13,15,17H2,1-4H3. The van der Waals surface area contributed by atoms with Gasteiger partial charge in [-0.1, -0.05) is 50.8 Å². The van der Waals surface area contributed by atoms with Crippen LogP contribution in [0.5, 0.6) is 0 Å². The van der Waals surface area contributed by atoms with Crippen molar-refractivity contribution in [2.45, 2.75) is 51.8 Å². The zero-order valence-corrected chi connectivity index (χ0v) is 22.1. The summed E-state index contributed by atoms with van der Waals surface area (Å²) in [5.41, 5.74) is 3.42. The molecule has 0 saturated carbocycles. The minimum absolute atomic E-state index is 0.0175. The molecule has 4 heterocycles. The van der Waals surface area contributed by atoms with E-state index in [2.05, 4.69) is 34.8 Å². The molecule has 0 N–H and O–H groups in total. The normalized spacial score (nSPS) is 16.2. The Labute approximate surface area is 210 Å². The fourth-order valence-electron chi connectivity index (χ4n) is 4.06. The Bertz CT molecular complexity index is 1360. The third-order valence-electron chi connectivity index (χ3n) is 6.24. The van der Waals surface area contributed by atoms with Crippen LogP contribution in [-0.2, 0) is 16.2 Å². The number of anilines is 1. The highest BCUT2D eigenvalue weighted by atomic mass is 28.3. The number of cyclic esters (lactones) is 1. The zero-order chi connectivity index (χ0) is 25.3. The van der Waals surface area contributed by atoms with Crippen molar-refractivity contribution in [3.05, 3.63) is 49.1 Å². The Morgan fingerprint density at radius 1 is 1.14 bits per heavy atom. The smallest absolute Gasteiger partial charge is 0.415 e.